The third kappa shape index (κ3) is 2.25. The van der Waals surface area contributed by atoms with E-state index in [1.807, 2.05) is 35.2 Å². The Morgan fingerprint density at radius 2 is 2.12 bits per heavy atom. The lowest BCUT2D eigenvalue weighted by Gasteiger charge is -2.41. The van der Waals surface area contributed by atoms with E-state index in [0.29, 0.717) is 12.6 Å². The van der Waals surface area contributed by atoms with Crippen LogP contribution < -0.4 is 5.73 Å². The first-order valence-corrected chi connectivity index (χ1v) is 5.89. The zero-order chi connectivity index (χ0) is 11.4. The van der Waals surface area contributed by atoms with Gasteiger partial charge in [-0.3, -0.25) is 4.79 Å². The van der Waals surface area contributed by atoms with Gasteiger partial charge in [-0.2, -0.15) is 0 Å². The maximum absolute atomic E-state index is 12.1. The van der Waals surface area contributed by atoms with Crippen LogP contribution in [-0.2, 0) is 0 Å². The van der Waals surface area contributed by atoms with Crippen molar-refractivity contribution in [2.45, 2.75) is 25.3 Å². The quantitative estimate of drug-likeness (QED) is 0.835. The van der Waals surface area contributed by atoms with Crippen molar-refractivity contribution in [2.75, 3.05) is 13.1 Å². The predicted octanol–water partition coefficient (Wildman–Crippen LogP) is 1.64. The fourth-order valence-electron chi connectivity index (χ4n) is 2.11. The monoisotopic (exact) mass is 218 g/mol. The zero-order valence-electron chi connectivity index (χ0n) is 9.43. The summed E-state index contributed by atoms with van der Waals surface area (Å²) >= 11 is 0. The lowest BCUT2D eigenvalue weighted by Crippen LogP contribution is -2.51. The normalized spacial score (nSPS) is 19.3. The van der Waals surface area contributed by atoms with Crippen molar-refractivity contribution in [3.05, 3.63) is 35.9 Å². The van der Waals surface area contributed by atoms with Crippen LogP contribution in [0, 0.1) is 0 Å². The molecule has 0 saturated carbocycles. The molecule has 2 N–H and O–H groups in total. The summed E-state index contributed by atoms with van der Waals surface area (Å²) in [6, 6.07) is 9.90. The highest BCUT2D eigenvalue weighted by molar-refractivity contribution is 5.94. The molecule has 0 bridgehead atoms. The smallest absolute Gasteiger partial charge is 0.254 e. The first kappa shape index (κ1) is 11.1. The predicted molar refractivity (Wildman–Crippen MR) is 64.2 cm³/mol. The van der Waals surface area contributed by atoms with Crippen LogP contribution in [0.5, 0.6) is 0 Å². The van der Waals surface area contributed by atoms with Crippen molar-refractivity contribution in [3.8, 4) is 0 Å². The Bertz CT molecular complexity index is 350. The maximum atomic E-state index is 12.1. The topological polar surface area (TPSA) is 46.3 Å². The summed E-state index contributed by atoms with van der Waals surface area (Å²) in [7, 11) is 0. The van der Waals surface area contributed by atoms with Crippen LogP contribution >= 0.6 is 0 Å². The number of carbonyl (C=O) groups excluding carboxylic acids is 1. The van der Waals surface area contributed by atoms with E-state index in [-0.39, 0.29) is 5.91 Å². The lowest BCUT2D eigenvalue weighted by atomic mass is 9.96. The molecule has 2 rings (SSSR count). The van der Waals surface area contributed by atoms with Crippen LogP contribution in [0.15, 0.2) is 30.3 Å². The number of benzene rings is 1. The Hall–Kier alpha value is -1.35. The number of nitrogens with zero attached hydrogens (tertiary/aromatic N) is 1. The van der Waals surface area contributed by atoms with Gasteiger partial charge in [0.2, 0.25) is 0 Å². The molecular weight excluding hydrogens is 200 g/mol. The van der Waals surface area contributed by atoms with Crippen LogP contribution in [-0.4, -0.2) is 29.9 Å². The standard InChI is InChI=1S/C13H18N2O/c14-9-4-7-12-8-10-15(12)13(16)11-5-2-1-3-6-11/h1-3,5-6,12H,4,7-10,14H2. The van der Waals surface area contributed by atoms with Gasteiger partial charge in [0.25, 0.3) is 5.91 Å². The summed E-state index contributed by atoms with van der Waals surface area (Å²) in [6.45, 7) is 1.60. The number of nitrogens with two attached hydrogens (primary N) is 1. The van der Waals surface area contributed by atoms with E-state index >= 15 is 0 Å². The molecule has 0 aromatic heterocycles. The Kier molecular flexibility index (Phi) is 3.57. The fraction of sp³-hybridized carbons (Fsp3) is 0.462. The van der Waals surface area contributed by atoms with Gasteiger partial charge in [0, 0.05) is 18.2 Å². The number of hydrogen-bond donors (Lipinski definition) is 1. The van der Waals surface area contributed by atoms with Crippen molar-refractivity contribution < 1.29 is 4.79 Å². The van der Waals surface area contributed by atoms with Gasteiger partial charge in [0.05, 0.1) is 0 Å². The van der Waals surface area contributed by atoms with E-state index < -0.39 is 0 Å². The molecule has 1 atom stereocenters. The molecule has 0 aliphatic carbocycles. The third-order valence-electron chi connectivity index (χ3n) is 3.17. The summed E-state index contributed by atoms with van der Waals surface area (Å²) in [4.78, 5) is 14.1. The van der Waals surface area contributed by atoms with E-state index in [4.69, 9.17) is 5.73 Å². The van der Waals surface area contributed by atoms with Gasteiger partial charge in [-0.1, -0.05) is 18.2 Å². The number of amides is 1. The van der Waals surface area contributed by atoms with E-state index in [2.05, 4.69) is 0 Å². The number of likely N-dealkylation sites (tertiary alicyclic amines) is 1. The fourth-order valence-corrected chi connectivity index (χ4v) is 2.11. The maximum Gasteiger partial charge on any atom is 0.254 e. The first-order valence-electron chi connectivity index (χ1n) is 5.89. The van der Waals surface area contributed by atoms with Crippen LogP contribution in [0.2, 0.25) is 0 Å². The minimum atomic E-state index is 0.161. The summed E-state index contributed by atoms with van der Waals surface area (Å²) in [5.74, 6) is 0.161. The van der Waals surface area contributed by atoms with E-state index in [9.17, 15) is 4.79 Å². The van der Waals surface area contributed by atoms with Gasteiger partial charge in [-0.25, -0.2) is 0 Å². The largest absolute Gasteiger partial charge is 0.336 e. The van der Waals surface area contributed by atoms with Gasteiger partial charge >= 0.3 is 0 Å². The molecule has 1 aliphatic rings. The molecule has 3 nitrogen and oxygen atoms in total. The average Bonchev–Trinajstić information content (AvgIpc) is 2.29. The number of carbonyl (C=O) groups is 1. The van der Waals surface area contributed by atoms with Gasteiger partial charge in [-0.15, -0.1) is 0 Å². The number of hydrogen-bond acceptors (Lipinski definition) is 2. The molecule has 1 saturated heterocycles. The van der Waals surface area contributed by atoms with Crippen molar-refractivity contribution in [1.29, 1.82) is 0 Å². The van der Waals surface area contributed by atoms with E-state index in [0.717, 1.165) is 31.4 Å². The molecule has 1 heterocycles. The van der Waals surface area contributed by atoms with Gasteiger partial charge in [-0.05, 0) is 37.9 Å². The van der Waals surface area contributed by atoms with Crippen molar-refractivity contribution in [1.82, 2.24) is 4.90 Å². The van der Waals surface area contributed by atoms with Crippen molar-refractivity contribution in [3.63, 3.8) is 0 Å². The first-order chi connectivity index (χ1) is 7.83. The minimum Gasteiger partial charge on any atom is -0.336 e. The van der Waals surface area contributed by atoms with E-state index in [1.54, 1.807) is 0 Å². The Balaban J connectivity index is 1.96. The lowest BCUT2D eigenvalue weighted by molar-refractivity contribution is 0.0441. The third-order valence-corrected chi connectivity index (χ3v) is 3.17. The van der Waals surface area contributed by atoms with Crippen LogP contribution in [0.3, 0.4) is 0 Å². The van der Waals surface area contributed by atoms with Gasteiger partial charge in [0.1, 0.15) is 0 Å². The molecule has 1 aliphatic heterocycles. The van der Waals surface area contributed by atoms with E-state index in [1.165, 1.54) is 0 Å². The van der Waals surface area contributed by atoms with Crippen molar-refractivity contribution >= 4 is 5.91 Å². The SMILES string of the molecule is NCCCC1CCN1C(=O)c1ccccc1. The molecular formula is C13H18N2O. The number of rotatable bonds is 4. The average molecular weight is 218 g/mol. The molecule has 1 aromatic rings. The van der Waals surface area contributed by atoms with Crippen LogP contribution in [0.1, 0.15) is 29.6 Å². The molecule has 0 radical (unpaired) electrons. The second-order valence-corrected chi connectivity index (χ2v) is 4.24. The molecule has 16 heavy (non-hydrogen) atoms. The molecule has 0 spiro atoms. The van der Waals surface area contributed by atoms with Crippen LogP contribution in [0.25, 0.3) is 0 Å². The van der Waals surface area contributed by atoms with Gasteiger partial charge in [0.15, 0.2) is 0 Å². The molecule has 1 unspecified atom stereocenters. The summed E-state index contributed by atoms with van der Waals surface area (Å²) in [6.07, 6.45) is 3.16. The molecule has 1 aromatic carbocycles. The highest BCUT2D eigenvalue weighted by Crippen LogP contribution is 2.23. The Morgan fingerprint density at radius 1 is 1.38 bits per heavy atom. The Morgan fingerprint density at radius 3 is 2.69 bits per heavy atom. The molecule has 1 amide bonds. The second-order valence-electron chi connectivity index (χ2n) is 4.24. The summed E-state index contributed by atoms with van der Waals surface area (Å²) < 4.78 is 0. The summed E-state index contributed by atoms with van der Waals surface area (Å²) in [5.41, 5.74) is 6.28. The van der Waals surface area contributed by atoms with Crippen molar-refractivity contribution in [2.24, 2.45) is 5.73 Å². The molecule has 86 valence electrons. The highest BCUT2D eigenvalue weighted by atomic mass is 16.2. The van der Waals surface area contributed by atoms with Crippen LogP contribution in [0.4, 0.5) is 0 Å². The Labute approximate surface area is 96.2 Å². The minimum absolute atomic E-state index is 0.161. The van der Waals surface area contributed by atoms with Gasteiger partial charge < -0.3 is 10.6 Å². The zero-order valence-corrected chi connectivity index (χ0v) is 9.43. The summed E-state index contributed by atoms with van der Waals surface area (Å²) in [5, 5.41) is 0. The molecule has 3 heteroatoms. The molecule has 1 fully saturated rings. The highest BCUT2D eigenvalue weighted by Gasteiger charge is 2.31. The second kappa shape index (κ2) is 5.12.